The zero-order valence-electron chi connectivity index (χ0n) is 24.8. The van der Waals surface area contributed by atoms with E-state index in [0.717, 1.165) is 55.5 Å². The van der Waals surface area contributed by atoms with Gasteiger partial charge in [-0.3, -0.25) is 9.59 Å². The van der Waals surface area contributed by atoms with Gasteiger partial charge in [0.1, 0.15) is 5.75 Å². The smallest absolute Gasteiger partial charge is 0.153 e. The van der Waals surface area contributed by atoms with Crippen molar-refractivity contribution in [1.82, 2.24) is 3.11 Å². The zero-order valence-corrected chi connectivity index (χ0v) is 27.7. The molecule has 1 fully saturated rings. The van der Waals surface area contributed by atoms with Gasteiger partial charge in [-0.05, 0) is 6.07 Å². The van der Waals surface area contributed by atoms with Crippen molar-refractivity contribution in [2.75, 3.05) is 40.7 Å². The fourth-order valence-corrected chi connectivity index (χ4v) is 7.82. The van der Waals surface area contributed by atoms with Crippen LogP contribution in [0.15, 0.2) is 60.7 Å². The Morgan fingerprint density at radius 1 is 1.05 bits per heavy atom. The minimum absolute atomic E-state index is 0.0955. The van der Waals surface area contributed by atoms with Crippen molar-refractivity contribution in [3.63, 3.8) is 0 Å². The van der Waals surface area contributed by atoms with E-state index in [4.69, 9.17) is 21.1 Å². The van der Waals surface area contributed by atoms with Crippen LogP contribution in [0.5, 0.6) is 5.75 Å². The molecule has 43 heavy (non-hydrogen) atoms. The third kappa shape index (κ3) is 9.42. The third-order valence-electron chi connectivity index (χ3n) is 7.33. The number of halogens is 2. The number of anilines is 2. The Balaban J connectivity index is 1.36. The minimum atomic E-state index is -1.11. The van der Waals surface area contributed by atoms with E-state index in [-0.39, 0.29) is 17.0 Å². The van der Waals surface area contributed by atoms with Crippen molar-refractivity contribution in [2.45, 2.75) is 44.6 Å². The summed E-state index contributed by atoms with van der Waals surface area (Å²) in [7, 11) is 1.45. The molecule has 3 aromatic carbocycles. The van der Waals surface area contributed by atoms with Gasteiger partial charge in [0.05, 0.1) is 23.4 Å². The number of alkyl halides is 2. The van der Waals surface area contributed by atoms with Gasteiger partial charge >= 0.3 is 176 Å². The molecule has 1 saturated heterocycles. The van der Waals surface area contributed by atoms with E-state index in [9.17, 15) is 14.4 Å². The van der Waals surface area contributed by atoms with Crippen LogP contribution in [0.1, 0.15) is 48.0 Å². The maximum atomic E-state index is 13.0. The van der Waals surface area contributed by atoms with Crippen molar-refractivity contribution < 1.29 is 23.9 Å². The molecule has 0 aliphatic carbocycles. The second-order valence-corrected chi connectivity index (χ2v) is 16.4. The van der Waals surface area contributed by atoms with E-state index in [0.29, 0.717) is 41.8 Å². The van der Waals surface area contributed by atoms with Crippen LogP contribution in [0, 0.1) is 0 Å². The van der Waals surface area contributed by atoms with Crippen LogP contribution in [0.25, 0.3) is 11.1 Å². The average molecular weight is 720 g/mol. The number of hydrogen-bond acceptors (Lipinski definition) is 6. The molecule has 2 N–H and O–H groups in total. The molecule has 4 rings (SSSR count). The summed E-state index contributed by atoms with van der Waals surface area (Å²) in [5.74, 6) is 0.175. The molecule has 230 valence electrons. The van der Waals surface area contributed by atoms with E-state index in [2.05, 4.69) is 29.7 Å². The van der Waals surface area contributed by atoms with Gasteiger partial charge in [-0.2, -0.15) is 0 Å². The first-order valence-electron chi connectivity index (χ1n) is 14.3. The van der Waals surface area contributed by atoms with E-state index in [1.165, 1.54) is 13.2 Å². The molecule has 3 aromatic rings. The number of piperidine rings is 1. The Labute approximate surface area is 266 Å². The van der Waals surface area contributed by atoms with Crippen LogP contribution in [0.4, 0.5) is 16.2 Å². The summed E-state index contributed by atoms with van der Waals surface area (Å²) in [6.07, 6.45) is 4.56. The topological polar surface area (TPSA) is 97.0 Å². The van der Waals surface area contributed by atoms with E-state index in [1.54, 1.807) is 6.07 Å². The molecule has 1 aliphatic heterocycles. The Bertz CT molecular complexity index is 1420. The second kappa shape index (κ2) is 16.1. The van der Waals surface area contributed by atoms with Gasteiger partial charge in [0.15, 0.2) is 6.29 Å². The summed E-state index contributed by atoms with van der Waals surface area (Å²) < 4.78 is 13.6. The standard InChI is InChI=1S/C33H39ClIN3O5/c1-35(2)38-17-9-13-26(21-38)43-33(41)37-29-18-23(15-16-27(29)24-11-5-4-6-12-24)10-7-8-14-32(40)36-30-20-31(42-3)25(22-39)19-28(30)34/h4-6,11-12,15-16,18-20,22,26H,7-10,13-14,17,21H2,1-3H3,(H,36,40)(H,37,41). The molecule has 0 bridgehead atoms. The molecule has 1 heterocycles. The monoisotopic (exact) mass is 719 g/mol. The van der Waals surface area contributed by atoms with Crippen molar-refractivity contribution in [3.05, 3.63) is 76.8 Å². The van der Waals surface area contributed by atoms with Crippen molar-refractivity contribution in [1.29, 1.82) is 0 Å². The molecule has 1 atom stereocenters. The van der Waals surface area contributed by atoms with Crippen LogP contribution in [0.2, 0.25) is 5.02 Å². The largest absolute Gasteiger partial charge is 0.298 e. The summed E-state index contributed by atoms with van der Waals surface area (Å²) in [6.45, 7) is 1.91. The van der Waals surface area contributed by atoms with Crippen LogP contribution in [0.3, 0.4) is 0 Å². The van der Waals surface area contributed by atoms with Gasteiger partial charge in [0.25, 0.3) is 0 Å². The van der Waals surface area contributed by atoms with Crippen LogP contribution in [-0.2, 0) is 16.0 Å². The number of aldehydes is 1. The van der Waals surface area contributed by atoms with Crippen molar-refractivity contribution in [3.8, 4) is 16.9 Å². The molecule has 10 heteroatoms. The summed E-state index contributed by atoms with van der Waals surface area (Å²) in [6, 6.07) is 19.1. The maximum Gasteiger partial charge on any atom is 0.153 e. The number of benzene rings is 3. The quantitative estimate of drug-likeness (QED) is 0.0651. The molecule has 0 radical (unpaired) electrons. The Hall–Kier alpha value is -3.15. The number of carbonyl (C=O) groups excluding carboxylic acids is 3. The Morgan fingerprint density at radius 3 is 2.56 bits per heavy atom. The summed E-state index contributed by atoms with van der Waals surface area (Å²) in [5, 5.41) is 6.10. The normalized spacial score (nSPS) is 15.3. The molecule has 0 spiro atoms. The van der Waals surface area contributed by atoms with Gasteiger partial charge in [0, 0.05) is 12.5 Å². The number of aryl methyl sites for hydroxylation is 1. The summed E-state index contributed by atoms with van der Waals surface area (Å²) >= 11 is 5.13. The molecule has 0 aromatic heterocycles. The SMILES string of the molecule is COc1cc(NC(=O)CCCCc2ccc(-c3ccccc3)c(NC(=O)OC3CCCN(I(C)C)C3)c2)c(Cl)cc1C=O. The van der Waals surface area contributed by atoms with Gasteiger partial charge in [-0.1, -0.05) is 11.6 Å². The minimum Gasteiger partial charge on any atom is -0.298 e. The second-order valence-electron chi connectivity index (χ2n) is 10.6. The number of ether oxygens (including phenoxy) is 2. The first-order valence-corrected chi connectivity index (χ1v) is 20.0. The van der Waals surface area contributed by atoms with Crippen LogP contribution >= 0.6 is 31.7 Å². The molecule has 1 aliphatic rings. The van der Waals surface area contributed by atoms with Gasteiger partial charge in [-0.25, -0.2) is 0 Å². The van der Waals surface area contributed by atoms with Crippen molar-refractivity contribution >= 4 is 61.4 Å². The number of nitrogens with zero attached hydrogens (tertiary/aromatic N) is 1. The number of rotatable bonds is 12. The first kappa shape index (κ1) is 32.8. The Kier molecular flexibility index (Phi) is 12.2. The van der Waals surface area contributed by atoms with Crippen LogP contribution < -0.4 is 15.4 Å². The van der Waals surface area contributed by atoms with Crippen LogP contribution in [-0.4, -0.2) is 57.6 Å². The number of amides is 2. The van der Waals surface area contributed by atoms with Gasteiger partial charge < -0.3 is 10.1 Å². The van der Waals surface area contributed by atoms with E-state index in [1.807, 2.05) is 42.5 Å². The average Bonchev–Trinajstić information content (AvgIpc) is 3.00. The van der Waals surface area contributed by atoms with Crippen molar-refractivity contribution in [2.24, 2.45) is 0 Å². The first-order chi connectivity index (χ1) is 20.8. The summed E-state index contributed by atoms with van der Waals surface area (Å²) in [5.41, 5.74) is 4.42. The van der Waals surface area contributed by atoms with E-state index >= 15 is 0 Å². The summed E-state index contributed by atoms with van der Waals surface area (Å²) in [4.78, 5) is 41.4. The number of carbonyl (C=O) groups is 3. The molecular weight excluding hydrogens is 681 g/mol. The Morgan fingerprint density at radius 2 is 1.84 bits per heavy atom. The molecule has 0 saturated carbocycles. The zero-order chi connectivity index (χ0) is 30.8. The predicted molar refractivity (Wildman–Crippen MR) is 182 cm³/mol. The predicted octanol–water partition coefficient (Wildman–Crippen LogP) is 7.87. The number of methoxy groups -OCH3 is 1. The fourth-order valence-electron chi connectivity index (χ4n) is 5.07. The number of hydrogen-bond donors (Lipinski definition) is 2. The van der Waals surface area contributed by atoms with Gasteiger partial charge in [-0.15, -0.1) is 0 Å². The number of unbranched alkanes of at least 4 members (excludes halogenated alkanes) is 1. The molecular formula is C33H39ClIN3O5. The van der Waals surface area contributed by atoms with Gasteiger partial charge in [0.2, 0.25) is 5.91 Å². The molecule has 1 unspecified atom stereocenters. The maximum absolute atomic E-state index is 13.0. The fraction of sp³-hybridized carbons (Fsp3) is 0.364. The molecule has 8 nitrogen and oxygen atoms in total. The molecule has 2 amide bonds. The number of nitrogens with one attached hydrogen (secondary N) is 2. The van der Waals surface area contributed by atoms with E-state index < -0.39 is 26.2 Å². The third-order valence-corrected chi connectivity index (χ3v) is 11.2.